The molecular formula is C26H29Cl2N5O3S. The molecule has 196 valence electrons. The van der Waals surface area contributed by atoms with Crippen LogP contribution in [-0.4, -0.2) is 33.2 Å². The van der Waals surface area contributed by atoms with Crippen molar-refractivity contribution < 1.29 is 14.6 Å². The molecule has 0 radical (unpaired) electrons. The van der Waals surface area contributed by atoms with Crippen LogP contribution in [-0.2, 0) is 24.1 Å². The number of carbonyl (C=O) groups is 1. The third-order valence-corrected chi connectivity index (χ3v) is 6.70. The summed E-state index contributed by atoms with van der Waals surface area (Å²) >= 11 is 1.61. The average Bonchev–Trinajstić information content (AvgIpc) is 3.14. The fourth-order valence-corrected chi connectivity index (χ4v) is 5.03. The lowest BCUT2D eigenvalue weighted by Gasteiger charge is -2.12. The molecule has 0 unspecified atom stereocenters. The predicted molar refractivity (Wildman–Crippen MR) is 154 cm³/mol. The highest BCUT2D eigenvalue weighted by Crippen LogP contribution is 2.42. The number of fused-ring (bicyclic) bond motifs is 1. The molecule has 2 aromatic carbocycles. The second kappa shape index (κ2) is 13.2. The van der Waals surface area contributed by atoms with E-state index in [0.29, 0.717) is 27.8 Å². The van der Waals surface area contributed by atoms with Crippen molar-refractivity contribution in [3.63, 3.8) is 0 Å². The summed E-state index contributed by atoms with van der Waals surface area (Å²) in [6.45, 7) is 1.99. The number of halogens is 2. The van der Waals surface area contributed by atoms with E-state index < -0.39 is 5.97 Å². The van der Waals surface area contributed by atoms with Gasteiger partial charge in [-0.15, -0.1) is 36.6 Å². The molecule has 0 bridgehead atoms. The molecule has 0 aliphatic rings. The number of aliphatic imine (C=N–C) groups is 1. The molecule has 0 amide bonds. The molecule has 0 aliphatic heterocycles. The lowest BCUT2D eigenvalue weighted by Crippen LogP contribution is -2.22. The highest BCUT2D eigenvalue weighted by molar-refractivity contribution is 7.98. The van der Waals surface area contributed by atoms with E-state index in [1.54, 1.807) is 37.1 Å². The average molecular weight is 563 g/mol. The van der Waals surface area contributed by atoms with Gasteiger partial charge in [0.05, 0.1) is 24.2 Å². The fourth-order valence-electron chi connectivity index (χ4n) is 4.04. The van der Waals surface area contributed by atoms with E-state index in [0.717, 1.165) is 21.7 Å². The zero-order chi connectivity index (χ0) is 24.9. The molecule has 11 heteroatoms. The van der Waals surface area contributed by atoms with Crippen molar-refractivity contribution in [2.45, 2.75) is 24.1 Å². The number of aromatic hydroxyl groups is 1. The molecule has 0 fully saturated rings. The van der Waals surface area contributed by atoms with Gasteiger partial charge < -0.3 is 25.9 Å². The van der Waals surface area contributed by atoms with Gasteiger partial charge in [0.15, 0.2) is 5.96 Å². The Morgan fingerprint density at radius 2 is 1.89 bits per heavy atom. The van der Waals surface area contributed by atoms with Crippen LogP contribution < -0.4 is 11.5 Å². The van der Waals surface area contributed by atoms with Crippen molar-refractivity contribution in [2.75, 3.05) is 6.61 Å². The number of aromatic nitrogens is 2. The number of hydrogen-bond acceptors (Lipinski definition) is 6. The maximum atomic E-state index is 13.2. The minimum atomic E-state index is -0.457. The summed E-state index contributed by atoms with van der Waals surface area (Å²) in [4.78, 5) is 22.6. The molecular weight excluding hydrogens is 533 g/mol. The minimum absolute atomic E-state index is 0. The Labute approximate surface area is 231 Å². The van der Waals surface area contributed by atoms with Crippen molar-refractivity contribution in [2.24, 2.45) is 23.5 Å². The molecule has 0 saturated heterocycles. The quantitative estimate of drug-likeness (QED) is 0.119. The van der Waals surface area contributed by atoms with Crippen LogP contribution in [0.2, 0.25) is 0 Å². The molecule has 0 spiro atoms. The van der Waals surface area contributed by atoms with Crippen LogP contribution in [0, 0.1) is 0 Å². The van der Waals surface area contributed by atoms with E-state index >= 15 is 0 Å². The summed E-state index contributed by atoms with van der Waals surface area (Å²) in [7, 11) is 1.90. The van der Waals surface area contributed by atoms with E-state index in [-0.39, 0.29) is 49.7 Å². The van der Waals surface area contributed by atoms with E-state index in [1.807, 2.05) is 54.1 Å². The lowest BCUT2D eigenvalue weighted by molar-refractivity contribution is 0.0527. The van der Waals surface area contributed by atoms with Crippen molar-refractivity contribution in [1.29, 1.82) is 0 Å². The molecule has 4 aromatic rings. The highest BCUT2D eigenvalue weighted by atomic mass is 35.5. The topological polar surface area (TPSA) is 129 Å². The normalized spacial score (nSPS) is 10.3. The number of pyridine rings is 1. The molecule has 2 aromatic heterocycles. The molecule has 37 heavy (non-hydrogen) atoms. The second-order valence-corrected chi connectivity index (χ2v) is 8.88. The Kier molecular flexibility index (Phi) is 10.7. The van der Waals surface area contributed by atoms with E-state index in [4.69, 9.17) is 16.2 Å². The number of esters is 1. The first kappa shape index (κ1) is 29.8. The van der Waals surface area contributed by atoms with Crippen LogP contribution in [0.3, 0.4) is 0 Å². The van der Waals surface area contributed by atoms with Gasteiger partial charge in [0.1, 0.15) is 5.75 Å². The van der Waals surface area contributed by atoms with Gasteiger partial charge in [-0.05, 0) is 31.2 Å². The number of benzene rings is 2. The molecule has 0 saturated carbocycles. The number of aryl methyl sites for hydroxylation is 1. The summed E-state index contributed by atoms with van der Waals surface area (Å²) < 4.78 is 7.41. The zero-order valence-electron chi connectivity index (χ0n) is 20.4. The fraction of sp³-hybridized carbons (Fsp3) is 0.192. The van der Waals surface area contributed by atoms with Crippen LogP contribution in [0.25, 0.3) is 22.0 Å². The van der Waals surface area contributed by atoms with Gasteiger partial charge in [0.2, 0.25) is 0 Å². The predicted octanol–water partition coefficient (Wildman–Crippen LogP) is 5.03. The SMILES string of the molecule is CCOC(=O)c1c(CSc2ccccc2)n(C)c2cc(-c3cccnc3)c(O)c(CN=C(N)N)c12.Cl.Cl. The van der Waals surface area contributed by atoms with Crippen molar-refractivity contribution >= 4 is 59.4 Å². The summed E-state index contributed by atoms with van der Waals surface area (Å²) in [6, 6.07) is 15.5. The van der Waals surface area contributed by atoms with Gasteiger partial charge in [-0.3, -0.25) is 4.98 Å². The Morgan fingerprint density at radius 3 is 2.51 bits per heavy atom. The number of thioether (sulfide) groups is 1. The minimum Gasteiger partial charge on any atom is -0.507 e. The first-order valence-electron chi connectivity index (χ1n) is 11.1. The monoisotopic (exact) mass is 561 g/mol. The van der Waals surface area contributed by atoms with Gasteiger partial charge in [0, 0.05) is 57.9 Å². The first-order valence-corrected chi connectivity index (χ1v) is 12.1. The van der Waals surface area contributed by atoms with Crippen molar-refractivity contribution in [3.8, 4) is 16.9 Å². The van der Waals surface area contributed by atoms with Crippen LogP contribution in [0.4, 0.5) is 0 Å². The number of hydrogen-bond donors (Lipinski definition) is 3. The molecule has 5 N–H and O–H groups in total. The number of carbonyl (C=O) groups excluding carboxylic acids is 1. The number of guanidine groups is 1. The van der Waals surface area contributed by atoms with Crippen molar-refractivity contribution in [3.05, 3.63) is 77.7 Å². The largest absolute Gasteiger partial charge is 0.507 e. The summed E-state index contributed by atoms with van der Waals surface area (Å²) in [5.41, 5.74) is 14.9. The van der Waals surface area contributed by atoms with E-state index in [9.17, 15) is 9.90 Å². The standard InChI is InChI=1S/C26H27N5O3S.2ClH/c1-3-34-25(33)23-21(15-35-17-9-5-4-6-10-17)31(2)20-12-18(16-8-7-11-29-13-16)24(32)19(22(20)23)14-30-26(27)28;;/h4-13,32H,3,14-15H2,1-2H3,(H4,27,28,30);2*1H. The van der Waals surface area contributed by atoms with Gasteiger partial charge in [0.25, 0.3) is 0 Å². The van der Waals surface area contributed by atoms with Crippen LogP contribution in [0.5, 0.6) is 5.75 Å². The summed E-state index contributed by atoms with van der Waals surface area (Å²) in [5, 5.41) is 11.9. The number of phenols is 1. The summed E-state index contributed by atoms with van der Waals surface area (Å²) in [5.74, 6) is -0.0541. The summed E-state index contributed by atoms with van der Waals surface area (Å²) in [6.07, 6.45) is 3.34. The van der Waals surface area contributed by atoms with Gasteiger partial charge in [-0.1, -0.05) is 24.3 Å². The first-order chi connectivity index (χ1) is 16.9. The van der Waals surface area contributed by atoms with Gasteiger partial charge in [-0.2, -0.15) is 0 Å². The molecule has 2 heterocycles. The molecule has 0 aliphatic carbocycles. The Hall–Kier alpha value is -3.40. The highest BCUT2D eigenvalue weighted by Gasteiger charge is 2.27. The van der Waals surface area contributed by atoms with Crippen molar-refractivity contribution in [1.82, 2.24) is 9.55 Å². The number of phenolic OH excluding ortho intramolecular Hbond substituents is 1. The second-order valence-electron chi connectivity index (χ2n) is 7.83. The number of ether oxygens (including phenoxy) is 1. The Bertz CT molecular complexity index is 1390. The Balaban J connectivity index is 0.00000241. The van der Waals surface area contributed by atoms with Gasteiger partial charge >= 0.3 is 5.97 Å². The maximum Gasteiger partial charge on any atom is 0.340 e. The third-order valence-electron chi connectivity index (χ3n) is 5.68. The van der Waals surface area contributed by atoms with Gasteiger partial charge in [-0.25, -0.2) is 9.79 Å². The molecule has 4 rings (SSSR count). The van der Waals surface area contributed by atoms with E-state index in [1.165, 1.54) is 0 Å². The van der Waals surface area contributed by atoms with E-state index in [2.05, 4.69) is 9.98 Å². The van der Waals surface area contributed by atoms with Crippen LogP contribution in [0.1, 0.15) is 28.5 Å². The zero-order valence-corrected chi connectivity index (χ0v) is 22.8. The lowest BCUT2D eigenvalue weighted by atomic mass is 9.97. The number of rotatable bonds is 8. The number of nitrogens with zero attached hydrogens (tertiary/aromatic N) is 3. The Morgan fingerprint density at radius 1 is 1.16 bits per heavy atom. The van der Waals surface area contributed by atoms with Crippen LogP contribution in [0.15, 0.2) is 70.8 Å². The van der Waals surface area contributed by atoms with Crippen LogP contribution >= 0.6 is 36.6 Å². The third kappa shape index (κ3) is 6.30. The maximum absolute atomic E-state index is 13.2. The smallest absolute Gasteiger partial charge is 0.340 e. The molecule has 0 atom stereocenters. The molecule has 8 nitrogen and oxygen atoms in total. The number of nitrogens with two attached hydrogens (primary N) is 2.